The zero-order valence-corrected chi connectivity index (χ0v) is 14.6. The number of aromatic nitrogens is 2. The predicted octanol–water partition coefficient (Wildman–Crippen LogP) is 4.33. The van der Waals surface area contributed by atoms with Crippen LogP contribution in [-0.2, 0) is 7.05 Å². The van der Waals surface area contributed by atoms with Crippen LogP contribution < -0.4 is 0 Å². The molecule has 1 atom stereocenters. The Morgan fingerprint density at radius 2 is 1.92 bits per heavy atom. The highest BCUT2D eigenvalue weighted by molar-refractivity contribution is 5.95. The molecule has 1 amide bonds. The molecule has 0 saturated carbocycles. The van der Waals surface area contributed by atoms with E-state index >= 15 is 0 Å². The van der Waals surface area contributed by atoms with E-state index in [1.807, 2.05) is 41.3 Å². The maximum Gasteiger partial charge on any atom is 0.273 e. The number of hydrogen-bond donors (Lipinski definition) is 0. The molecule has 3 heterocycles. The largest absolute Gasteiger partial charge is 0.353 e. The molecule has 0 aliphatic carbocycles. The Bertz CT molecular complexity index is 899. The zero-order chi connectivity index (χ0) is 17.2. The van der Waals surface area contributed by atoms with Gasteiger partial charge in [-0.25, -0.2) is 4.98 Å². The van der Waals surface area contributed by atoms with E-state index in [1.54, 1.807) is 0 Å². The van der Waals surface area contributed by atoms with Gasteiger partial charge in [0.1, 0.15) is 5.69 Å². The molecule has 25 heavy (non-hydrogen) atoms. The molecule has 0 radical (unpaired) electrons. The smallest absolute Gasteiger partial charge is 0.273 e. The highest BCUT2D eigenvalue weighted by Crippen LogP contribution is 2.31. The van der Waals surface area contributed by atoms with Crippen molar-refractivity contribution < 1.29 is 4.79 Å². The normalized spacial score (nSPS) is 18.3. The molecule has 0 bridgehead atoms. The standard InChI is InChI=1S/C21H23N3O/c1-23-14-7-11-19(23)20-10-3-2-6-15-24(20)21(25)18-13-12-16-8-4-5-9-17(16)22-18/h4-5,7-9,11-14,20H,2-3,6,10,15H2,1H3/t20-/m0/s1. The van der Waals surface area contributed by atoms with Gasteiger partial charge in [-0.3, -0.25) is 4.79 Å². The van der Waals surface area contributed by atoms with Crippen LogP contribution in [0.5, 0.6) is 0 Å². The lowest BCUT2D eigenvalue weighted by molar-refractivity contribution is 0.0669. The quantitative estimate of drug-likeness (QED) is 0.700. The summed E-state index contributed by atoms with van der Waals surface area (Å²) >= 11 is 0. The minimum atomic E-state index is 0.0406. The van der Waals surface area contributed by atoms with E-state index in [0.29, 0.717) is 5.69 Å². The summed E-state index contributed by atoms with van der Waals surface area (Å²) in [5.41, 5.74) is 2.62. The lowest BCUT2D eigenvalue weighted by Gasteiger charge is -2.30. The fraction of sp³-hybridized carbons (Fsp3) is 0.333. The number of benzene rings is 1. The first-order valence-corrected chi connectivity index (χ1v) is 9.02. The van der Waals surface area contributed by atoms with Crippen LogP contribution in [0.4, 0.5) is 0 Å². The highest BCUT2D eigenvalue weighted by atomic mass is 16.2. The van der Waals surface area contributed by atoms with E-state index in [4.69, 9.17) is 0 Å². The average molecular weight is 333 g/mol. The van der Waals surface area contributed by atoms with Gasteiger partial charge in [-0.05, 0) is 37.1 Å². The molecule has 4 heteroatoms. The second-order valence-electron chi connectivity index (χ2n) is 6.80. The van der Waals surface area contributed by atoms with Crippen molar-refractivity contribution in [2.24, 2.45) is 7.05 Å². The first kappa shape index (κ1) is 15.9. The molecule has 4 rings (SSSR count). The van der Waals surface area contributed by atoms with E-state index in [2.05, 4.69) is 34.9 Å². The molecule has 1 aliphatic rings. The molecule has 1 aromatic carbocycles. The first-order chi connectivity index (χ1) is 12.2. The van der Waals surface area contributed by atoms with Gasteiger partial charge in [0.25, 0.3) is 5.91 Å². The lowest BCUT2D eigenvalue weighted by Crippen LogP contribution is -2.36. The Morgan fingerprint density at radius 1 is 1.04 bits per heavy atom. The fourth-order valence-corrected chi connectivity index (χ4v) is 3.81. The Balaban J connectivity index is 1.70. The van der Waals surface area contributed by atoms with Crippen molar-refractivity contribution in [2.45, 2.75) is 31.7 Å². The van der Waals surface area contributed by atoms with Crippen molar-refractivity contribution in [3.8, 4) is 0 Å². The summed E-state index contributed by atoms with van der Waals surface area (Å²) in [5.74, 6) is 0.0406. The summed E-state index contributed by atoms with van der Waals surface area (Å²) in [4.78, 5) is 19.9. The van der Waals surface area contributed by atoms with Crippen LogP contribution in [0.1, 0.15) is 47.9 Å². The molecule has 3 aromatic rings. The van der Waals surface area contributed by atoms with Gasteiger partial charge in [0, 0.05) is 30.9 Å². The predicted molar refractivity (Wildman–Crippen MR) is 99.4 cm³/mol. The van der Waals surface area contributed by atoms with Crippen molar-refractivity contribution in [3.05, 3.63) is 66.1 Å². The summed E-state index contributed by atoms with van der Waals surface area (Å²) < 4.78 is 2.13. The molecule has 0 N–H and O–H groups in total. The Hall–Kier alpha value is -2.62. The summed E-state index contributed by atoms with van der Waals surface area (Å²) in [7, 11) is 2.05. The van der Waals surface area contributed by atoms with E-state index in [-0.39, 0.29) is 11.9 Å². The Morgan fingerprint density at radius 3 is 2.76 bits per heavy atom. The maximum atomic E-state index is 13.3. The first-order valence-electron chi connectivity index (χ1n) is 9.02. The molecule has 1 saturated heterocycles. The van der Waals surface area contributed by atoms with E-state index in [1.165, 1.54) is 12.1 Å². The Kier molecular flexibility index (Phi) is 4.26. The number of pyridine rings is 1. The molecule has 1 fully saturated rings. The topological polar surface area (TPSA) is 38.1 Å². The molecule has 0 spiro atoms. The second-order valence-corrected chi connectivity index (χ2v) is 6.80. The zero-order valence-electron chi connectivity index (χ0n) is 14.6. The van der Waals surface area contributed by atoms with Crippen LogP contribution >= 0.6 is 0 Å². The number of carbonyl (C=O) groups excluding carboxylic acids is 1. The van der Waals surface area contributed by atoms with Crippen LogP contribution in [0.3, 0.4) is 0 Å². The highest BCUT2D eigenvalue weighted by Gasteiger charge is 2.29. The third-order valence-electron chi connectivity index (χ3n) is 5.16. The van der Waals surface area contributed by atoms with Gasteiger partial charge >= 0.3 is 0 Å². The monoisotopic (exact) mass is 333 g/mol. The van der Waals surface area contributed by atoms with Crippen LogP contribution in [0, 0.1) is 0 Å². The van der Waals surface area contributed by atoms with Crippen LogP contribution in [0.25, 0.3) is 10.9 Å². The molecule has 2 aromatic heterocycles. The van der Waals surface area contributed by atoms with E-state index in [9.17, 15) is 4.79 Å². The number of likely N-dealkylation sites (tertiary alicyclic amines) is 1. The van der Waals surface area contributed by atoms with Crippen LogP contribution in [-0.4, -0.2) is 26.9 Å². The van der Waals surface area contributed by atoms with Gasteiger partial charge in [-0.2, -0.15) is 0 Å². The number of para-hydroxylation sites is 1. The minimum Gasteiger partial charge on any atom is -0.353 e. The van der Waals surface area contributed by atoms with Gasteiger partial charge in [0.05, 0.1) is 11.6 Å². The van der Waals surface area contributed by atoms with Crippen molar-refractivity contribution in [2.75, 3.05) is 6.54 Å². The molecule has 4 nitrogen and oxygen atoms in total. The number of nitrogens with zero attached hydrogens (tertiary/aromatic N) is 3. The van der Waals surface area contributed by atoms with Crippen molar-refractivity contribution >= 4 is 16.8 Å². The third-order valence-corrected chi connectivity index (χ3v) is 5.16. The van der Waals surface area contributed by atoms with Crippen molar-refractivity contribution in [3.63, 3.8) is 0 Å². The van der Waals surface area contributed by atoms with Crippen molar-refractivity contribution in [1.29, 1.82) is 0 Å². The SMILES string of the molecule is Cn1cccc1[C@@H]1CCCCCN1C(=O)c1ccc2ccccc2n1. The van der Waals surface area contributed by atoms with Gasteiger partial charge in [-0.1, -0.05) is 37.1 Å². The fourth-order valence-electron chi connectivity index (χ4n) is 3.81. The van der Waals surface area contributed by atoms with Gasteiger partial charge in [0.15, 0.2) is 0 Å². The van der Waals surface area contributed by atoms with Crippen molar-refractivity contribution in [1.82, 2.24) is 14.5 Å². The summed E-state index contributed by atoms with van der Waals surface area (Å²) in [6.07, 6.45) is 6.45. The number of rotatable bonds is 2. The molecule has 128 valence electrons. The molecule has 0 unspecified atom stereocenters. The minimum absolute atomic E-state index is 0.0406. The number of hydrogen-bond acceptors (Lipinski definition) is 2. The summed E-state index contributed by atoms with van der Waals surface area (Å²) in [6, 6.07) is 16.1. The van der Waals surface area contributed by atoms with E-state index in [0.717, 1.165) is 36.7 Å². The molecular formula is C21H23N3O. The van der Waals surface area contributed by atoms with Crippen LogP contribution in [0.2, 0.25) is 0 Å². The number of amides is 1. The second kappa shape index (κ2) is 6.71. The average Bonchev–Trinajstić information content (AvgIpc) is 2.92. The van der Waals surface area contributed by atoms with Crippen LogP contribution in [0.15, 0.2) is 54.7 Å². The molecular weight excluding hydrogens is 310 g/mol. The van der Waals surface area contributed by atoms with Gasteiger partial charge in [-0.15, -0.1) is 0 Å². The molecule has 1 aliphatic heterocycles. The third kappa shape index (κ3) is 3.04. The number of carbonyl (C=O) groups is 1. The number of aryl methyl sites for hydroxylation is 1. The summed E-state index contributed by atoms with van der Waals surface area (Å²) in [6.45, 7) is 0.795. The van der Waals surface area contributed by atoms with Gasteiger partial charge < -0.3 is 9.47 Å². The Labute approximate surface area is 148 Å². The maximum absolute atomic E-state index is 13.3. The summed E-state index contributed by atoms with van der Waals surface area (Å²) in [5, 5.41) is 1.06. The van der Waals surface area contributed by atoms with E-state index < -0.39 is 0 Å². The number of fused-ring (bicyclic) bond motifs is 1. The lowest BCUT2D eigenvalue weighted by atomic mass is 10.1. The van der Waals surface area contributed by atoms with Gasteiger partial charge in [0.2, 0.25) is 0 Å².